The van der Waals surface area contributed by atoms with Crippen molar-refractivity contribution in [3.05, 3.63) is 58.1 Å². The van der Waals surface area contributed by atoms with Gasteiger partial charge in [-0.3, -0.25) is 0 Å². The summed E-state index contributed by atoms with van der Waals surface area (Å²) in [4.78, 5) is 0.110. The summed E-state index contributed by atoms with van der Waals surface area (Å²) < 4.78 is 34.2. The van der Waals surface area contributed by atoms with Crippen LogP contribution in [-0.4, -0.2) is 25.4 Å². The molecule has 1 atom stereocenters. The van der Waals surface area contributed by atoms with Crippen molar-refractivity contribution in [2.24, 2.45) is 5.92 Å². The van der Waals surface area contributed by atoms with Crippen molar-refractivity contribution in [2.75, 3.05) is 6.61 Å². The van der Waals surface area contributed by atoms with Gasteiger partial charge in [-0.2, -0.15) is 4.31 Å². The van der Waals surface area contributed by atoms with Crippen LogP contribution in [0.5, 0.6) is 5.75 Å². The Kier molecular flexibility index (Phi) is 5.82. The fraction of sp³-hybridized carbons (Fsp3) is 0.368. The van der Waals surface area contributed by atoms with E-state index in [0.29, 0.717) is 22.4 Å². The van der Waals surface area contributed by atoms with Crippen molar-refractivity contribution in [2.45, 2.75) is 37.8 Å². The number of hydrogen-bond acceptors (Lipinski definition) is 3. The summed E-state index contributed by atoms with van der Waals surface area (Å²) in [6.45, 7) is 4.62. The van der Waals surface area contributed by atoms with E-state index in [4.69, 9.17) is 27.9 Å². The van der Waals surface area contributed by atoms with E-state index in [-0.39, 0.29) is 29.8 Å². The molecular weight excluding hydrogens is 393 g/mol. The molecule has 0 aromatic heterocycles. The smallest absolute Gasteiger partial charge is 0.247 e. The lowest BCUT2D eigenvalue weighted by molar-refractivity contribution is 0.187. The first-order valence-corrected chi connectivity index (χ1v) is 10.7. The molecule has 1 heterocycles. The minimum Gasteiger partial charge on any atom is -0.489 e. The van der Waals surface area contributed by atoms with Crippen LogP contribution in [0.1, 0.15) is 25.8 Å². The summed E-state index contributed by atoms with van der Waals surface area (Å²) in [6, 6.07) is 11.8. The molecule has 1 aliphatic heterocycles. The van der Waals surface area contributed by atoms with Crippen molar-refractivity contribution in [1.29, 1.82) is 0 Å². The molecule has 0 fully saturated rings. The Morgan fingerprint density at radius 3 is 2.62 bits per heavy atom. The largest absolute Gasteiger partial charge is 0.489 e. The number of fused-ring (bicyclic) bond motifs is 1. The van der Waals surface area contributed by atoms with E-state index in [9.17, 15) is 8.42 Å². The summed E-state index contributed by atoms with van der Waals surface area (Å²) in [5.41, 5.74) is 0.834. The first kappa shape index (κ1) is 19.5. The lowest BCUT2D eigenvalue weighted by Crippen LogP contribution is -2.42. The lowest BCUT2D eigenvalue weighted by Gasteiger charge is -2.29. The molecule has 0 unspecified atom stereocenters. The quantitative estimate of drug-likeness (QED) is 0.708. The van der Waals surface area contributed by atoms with Gasteiger partial charge in [-0.1, -0.05) is 55.2 Å². The molecule has 3 rings (SSSR count). The Balaban J connectivity index is 2.08. The van der Waals surface area contributed by atoms with E-state index in [1.54, 1.807) is 30.3 Å². The minimum absolute atomic E-state index is 0.110. The molecule has 0 amide bonds. The van der Waals surface area contributed by atoms with Gasteiger partial charge in [0.15, 0.2) is 5.75 Å². The summed E-state index contributed by atoms with van der Waals surface area (Å²) in [6.07, 6.45) is 0.686. The van der Waals surface area contributed by atoms with Crippen molar-refractivity contribution in [3.63, 3.8) is 0 Å². The Bertz CT molecular complexity index is 899. The van der Waals surface area contributed by atoms with Crippen LogP contribution in [0.25, 0.3) is 0 Å². The predicted molar refractivity (Wildman–Crippen MR) is 104 cm³/mol. The van der Waals surface area contributed by atoms with Crippen LogP contribution in [0.2, 0.25) is 10.0 Å². The van der Waals surface area contributed by atoms with Gasteiger partial charge in [0, 0.05) is 11.6 Å². The maximum atomic E-state index is 13.4. The molecule has 1 aliphatic rings. The van der Waals surface area contributed by atoms with Gasteiger partial charge in [-0.15, -0.1) is 0 Å². The zero-order chi connectivity index (χ0) is 18.9. The second kappa shape index (κ2) is 7.77. The molecular formula is C19H21Cl2NO3S. The fourth-order valence-corrected chi connectivity index (χ4v) is 5.44. The molecule has 0 bridgehead atoms. The van der Waals surface area contributed by atoms with E-state index < -0.39 is 10.0 Å². The summed E-state index contributed by atoms with van der Waals surface area (Å²) in [7, 11) is -3.77. The standard InChI is InChI=1S/C19H21Cl2NO3S/c1-13(2)9-16-12-25-19-17(21)7-4-8-18(19)26(23,24)22(16)11-14-5-3-6-15(20)10-14/h3-8,10,13,16H,9,11-12H2,1-2H3/t16-/m0/s1. The van der Waals surface area contributed by atoms with Gasteiger partial charge in [-0.05, 0) is 42.2 Å². The van der Waals surface area contributed by atoms with Crippen LogP contribution in [0.4, 0.5) is 0 Å². The van der Waals surface area contributed by atoms with E-state index >= 15 is 0 Å². The lowest BCUT2D eigenvalue weighted by atomic mass is 10.0. The summed E-state index contributed by atoms with van der Waals surface area (Å²) in [5, 5.41) is 0.883. The first-order valence-electron chi connectivity index (χ1n) is 8.46. The predicted octanol–water partition coefficient (Wildman–Crippen LogP) is 4.99. The molecule has 0 saturated carbocycles. The van der Waals surface area contributed by atoms with Gasteiger partial charge in [0.2, 0.25) is 10.0 Å². The number of halogens is 2. The Morgan fingerprint density at radius 2 is 1.92 bits per heavy atom. The molecule has 0 radical (unpaired) electrons. The zero-order valence-electron chi connectivity index (χ0n) is 14.7. The fourth-order valence-electron chi connectivity index (χ4n) is 3.18. The third-order valence-corrected chi connectivity index (χ3v) is 6.77. The Labute approximate surface area is 164 Å². The minimum atomic E-state index is -3.77. The molecule has 0 saturated heterocycles. The second-order valence-electron chi connectivity index (χ2n) is 6.84. The molecule has 140 valence electrons. The van der Waals surface area contributed by atoms with Crippen LogP contribution in [0, 0.1) is 5.92 Å². The van der Waals surface area contributed by atoms with E-state index in [1.165, 1.54) is 4.31 Å². The van der Waals surface area contributed by atoms with Crippen LogP contribution in [0.3, 0.4) is 0 Å². The number of benzene rings is 2. The number of ether oxygens (including phenoxy) is 1. The Morgan fingerprint density at radius 1 is 1.19 bits per heavy atom. The number of rotatable bonds is 4. The first-order chi connectivity index (χ1) is 12.3. The topological polar surface area (TPSA) is 46.6 Å². The van der Waals surface area contributed by atoms with Crippen LogP contribution >= 0.6 is 23.2 Å². The highest BCUT2D eigenvalue weighted by Gasteiger charge is 2.38. The van der Waals surface area contributed by atoms with Gasteiger partial charge < -0.3 is 4.74 Å². The molecule has 4 nitrogen and oxygen atoms in total. The molecule has 0 N–H and O–H groups in total. The van der Waals surface area contributed by atoms with Crippen LogP contribution < -0.4 is 4.74 Å². The zero-order valence-corrected chi connectivity index (χ0v) is 17.0. The van der Waals surface area contributed by atoms with E-state index in [2.05, 4.69) is 13.8 Å². The van der Waals surface area contributed by atoms with Gasteiger partial charge in [0.25, 0.3) is 0 Å². The average molecular weight is 414 g/mol. The molecule has 2 aromatic carbocycles. The molecule has 26 heavy (non-hydrogen) atoms. The summed E-state index contributed by atoms with van der Waals surface area (Å²) in [5.74, 6) is 0.550. The highest BCUT2D eigenvalue weighted by atomic mass is 35.5. The third kappa shape index (κ3) is 4.01. The van der Waals surface area contributed by atoms with Gasteiger partial charge >= 0.3 is 0 Å². The van der Waals surface area contributed by atoms with Crippen molar-refractivity contribution in [1.82, 2.24) is 4.31 Å². The maximum absolute atomic E-state index is 13.4. The SMILES string of the molecule is CC(C)C[C@H]1COc2c(Cl)cccc2S(=O)(=O)N1Cc1cccc(Cl)c1. The maximum Gasteiger partial charge on any atom is 0.247 e. The molecule has 0 aliphatic carbocycles. The van der Waals surface area contributed by atoms with Gasteiger partial charge in [-0.25, -0.2) is 8.42 Å². The van der Waals surface area contributed by atoms with Crippen LogP contribution in [0.15, 0.2) is 47.4 Å². The Hall–Kier alpha value is -1.27. The number of sulfonamides is 1. The van der Waals surface area contributed by atoms with Crippen LogP contribution in [-0.2, 0) is 16.6 Å². The molecule has 0 spiro atoms. The van der Waals surface area contributed by atoms with E-state index in [0.717, 1.165) is 5.56 Å². The summed E-state index contributed by atoms with van der Waals surface area (Å²) >= 11 is 12.3. The van der Waals surface area contributed by atoms with E-state index in [1.807, 2.05) is 12.1 Å². The molecule has 2 aromatic rings. The molecule has 7 heteroatoms. The van der Waals surface area contributed by atoms with Crippen molar-refractivity contribution in [3.8, 4) is 5.75 Å². The van der Waals surface area contributed by atoms with Gasteiger partial charge in [0.1, 0.15) is 11.5 Å². The number of nitrogens with zero attached hydrogens (tertiary/aromatic N) is 1. The van der Waals surface area contributed by atoms with Gasteiger partial charge in [0.05, 0.1) is 11.1 Å². The third-order valence-electron chi connectivity index (χ3n) is 4.32. The number of para-hydroxylation sites is 1. The average Bonchev–Trinajstić information content (AvgIpc) is 2.65. The highest BCUT2D eigenvalue weighted by Crippen LogP contribution is 2.38. The van der Waals surface area contributed by atoms with Crippen molar-refractivity contribution >= 4 is 33.2 Å². The van der Waals surface area contributed by atoms with Crippen molar-refractivity contribution < 1.29 is 13.2 Å². The normalized spacial score (nSPS) is 19.7. The highest BCUT2D eigenvalue weighted by molar-refractivity contribution is 7.89. The second-order valence-corrected chi connectivity index (χ2v) is 9.54. The number of hydrogen-bond donors (Lipinski definition) is 0. The monoisotopic (exact) mass is 413 g/mol.